The second-order valence-electron chi connectivity index (χ2n) is 6.80. The average molecular weight is 454 g/mol. The van der Waals surface area contributed by atoms with E-state index in [2.05, 4.69) is 57.2 Å². The van der Waals surface area contributed by atoms with Crippen molar-refractivity contribution in [3.05, 3.63) is 131 Å². The standard InChI is InChI=1S/C27H20BrNO/c28-23-16-14-22(15-17-23)27(30)20-13-21-11-18-26(19-12-21)29(24-7-3-1-4-8-24)25-9-5-2-6-10-25/h1-20H. The largest absolute Gasteiger partial charge is 0.311 e. The maximum atomic E-state index is 12.4. The Morgan fingerprint density at radius 2 is 1.13 bits per heavy atom. The molecule has 0 aliphatic carbocycles. The van der Waals surface area contributed by atoms with E-state index in [9.17, 15) is 4.79 Å². The van der Waals surface area contributed by atoms with Gasteiger partial charge in [-0.25, -0.2) is 0 Å². The molecule has 0 aliphatic heterocycles. The van der Waals surface area contributed by atoms with Crippen LogP contribution in [0.5, 0.6) is 0 Å². The number of carbonyl (C=O) groups excluding carboxylic acids is 1. The van der Waals surface area contributed by atoms with Crippen LogP contribution in [0, 0.1) is 0 Å². The number of allylic oxidation sites excluding steroid dienone is 1. The molecule has 30 heavy (non-hydrogen) atoms. The zero-order valence-electron chi connectivity index (χ0n) is 16.3. The van der Waals surface area contributed by atoms with Gasteiger partial charge in [0.25, 0.3) is 0 Å². The number of rotatable bonds is 6. The molecule has 146 valence electrons. The van der Waals surface area contributed by atoms with E-state index in [1.54, 1.807) is 6.08 Å². The van der Waals surface area contributed by atoms with Crippen LogP contribution in [-0.2, 0) is 0 Å². The number of hydrogen-bond acceptors (Lipinski definition) is 2. The Hall–Kier alpha value is -3.43. The average Bonchev–Trinajstić information content (AvgIpc) is 2.80. The van der Waals surface area contributed by atoms with E-state index in [4.69, 9.17) is 0 Å². The fraction of sp³-hybridized carbons (Fsp3) is 0. The van der Waals surface area contributed by atoms with Crippen LogP contribution >= 0.6 is 15.9 Å². The molecular formula is C27H20BrNO. The number of benzene rings is 4. The Morgan fingerprint density at radius 1 is 0.633 bits per heavy atom. The lowest BCUT2D eigenvalue weighted by molar-refractivity contribution is 0.104. The molecule has 0 N–H and O–H groups in total. The Kier molecular flexibility index (Phi) is 6.21. The van der Waals surface area contributed by atoms with Crippen molar-refractivity contribution in [3.8, 4) is 0 Å². The Balaban J connectivity index is 1.58. The second kappa shape index (κ2) is 9.38. The molecule has 0 heterocycles. The van der Waals surface area contributed by atoms with Crippen molar-refractivity contribution in [3.63, 3.8) is 0 Å². The van der Waals surface area contributed by atoms with E-state index in [1.807, 2.05) is 78.9 Å². The highest BCUT2D eigenvalue weighted by molar-refractivity contribution is 9.10. The first-order chi connectivity index (χ1) is 14.7. The van der Waals surface area contributed by atoms with Crippen LogP contribution in [-0.4, -0.2) is 5.78 Å². The number of para-hydroxylation sites is 2. The second-order valence-corrected chi connectivity index (χ2v) is 7.72. The monoisotopic (exact) mass is 453 g/mol. The molecule has 0 unspecified atom stereocenters. The van der Waals surface area contributed by atoms with Crippen LogP contribution in [0.25, 0.3) is 6.08 Å². The van der Waals surface area contributed by atoms with Gasteiger partial charge in [0.2, 0.25) is 0 Å². The third kappa shape index (κ3) is 4.76. The SMILES string of the molecule is O=C(C=Cc1ccc(N(c2ccccc2)c2ccccc2)cc1)c1ccc(Br)cc1. The predicted molar refractivity (Wildman–Crippen MR) is 129 cm³/mol. The van der Waals surface area contributed by atoms with E-state index >= 15 is 0 Å². The minimum absolute atomic E-state index is 0.0122. The molecule has 4 rings (SSSR count). The minimum Gasteiger partial charge on any atom is -0.311 e. The number of nitrogens with zero attached hydrogens (tertiary/aromatic N) is 1. The summed E-state index contributed by atoms with van der Waals surface area (Å²) < 4.78 is 0.958. The summed E-state index contributed by atoms with van der Waals surface area (Å²) in [6.07, 6.45) is 3.47. The summed E-state index contributed by atoms with van der Waals surface area (Å²) in [6, 6.07) is 36.1. The van der Waals surface area contributed by atoms with Crippen molar-refractivity contribution in [2.75, 3.05) is 4.90 Å². The maximum Gasteiger partial charge on any atom is 0.185 e. The summed E-state index contributed by atoms with van der Waals surface area (Å²) in [6.45, 7) is 0. The summed E-state index contributed by atoms with van der Waals surface area (Å²) in [5.41, 5.74) is 4.90. The molecule has 0 fully saturated rings. The van der Waals surface area contributed by atoms with Gasteiger partial charge in [-0.2, -0.15) is 0 Å². The fourth-order valence-corrected chi connectivity index (χ4v) is 3.48. The number of ketones is 1. The molecule has 0 amide bonds. The van der Waals surface area contributed by atoms with E-state index in [-0.39, 0.29) is 5.78 Å². The molecule has 0 radical (unpaired) electrons. The van der Waals surface area contributed by atoms with Crippen molar-refractivity contribution in [1.29, 1.82) is 0 Å². The van der Waals surface area contributed by atoms with Crippen molar-refractivity contribution in [2.24, 2.45) is 0 Å². The van der Waals surface area contributed by atoms with Gasteiger partial charge in [-0.15, -0.1) is 0 Å². The fourth-order valence-electron chi connectivity index (χ4n) is 3.22. The van der Waals surface area contributed by atoms with Crippen molar-refractivity contribution >= 4 is 44.9 Å². The zero-order valence-corrected chi connectivity index (χ0v) is 17.9. The quantitative estimate of drug-likeness (QED) is 0.219. The third-order valence-electron chi connectivity index (χ3n) is 4.74. The molecule has 3 heteroatoms. The van der Waals surface area contributed by atoms with Gasteiger partial charge in [-0.3, -0.25) is 4.79 Å². The molecule has 2 nitrogen and oxygen atoms in total. The molecule has 0 spiro atoms. The topological polar surface area (TPSA) is 20.3 Å². The van der Waals surface area contributed by atoms with Gasteiger partial charge in [0.15, 0.2) is 5.78 Å². The summed E-state index contributed by atoms with van der Waals surface area (Å²) in [4.78, 5) is 14.6. The molecule has 0 aromatic heterocycles. The molecule has 4 aromatic carbocycles. The van der Waals surface area contributed by atoms with Crippen molar-refractivity contribution in [1.82, 2.24) is 0 Å². The van der Waals surface area contributed by atoms with E-state index < -0.39 is 0 Å². The van der Waals surface area contributed by atoms with Gasteiger partial charge < -0.3 is 4.90 Å². The Bertz CT molecular complexity index is 1100. The summed E-state index contributed by atoms with van der Waals surface area (Å²) in [7, 11) is 0. The normalized spacial score (nSPS) is 10.8. The van der Waals surface area contributed by atoms with Crippen molar-refractivity contribution in [2.45, 2.75) is 0 Å². The maximum absolute atomic E-state index is 12.4. The molecule has 0 atom stereocenters. The van der Waals surface area contributed by atoms with Crippen LogP contribution in [0.4, 0.5) is 17.1 Å². The van der Waals surface area contributed by atoms with Crippen LogP contribution < -0.4 is 4.90 Å². The first-order valence-electron chi connectivity index (χ1n) is 9.69. The van der Waals surface area contributed by atoms with E-state index in [1.165, 1.54) is 0 Å². The van der Waals surface area contributed by atoms with Crippen LogP contribution in [0.1, 0.15) is 15.9 Å². The first-order valence-corrected chi connectivity index (χ1v) is 10.5. The third-order valence-corrected chi connectivity index (χ3v) is 5.26. The Labute approximate surface area is 185 Å². The lowest BCUT2D eigenvalue weighted by Crippen LogP contribution is -2.09. The molecule has 0 bridgehead atoms. The highest BCUT2D eigenvalue weighted by atomic mass is 79.9. The molecular weight excluding hydrogens is 434 g/mol. The van der Waals surface area contributed by atoms with Crippen molar-refractivity contribution < 1.29 is 4.79 Å². The van der Waals surface area contributed by atoms with E-state index in [0.29, 0.717) is 5.56 Å². The molecule has 0 aliphatic rings. The smallest absolute Gasteiger partial charge is 0.185 e. The van der Waals surface area contributed by atoms with Gasteiger partial charge in [-0.1, -0.05) is 70.5 Å². The number of hydrogen-bond donors (Lipinski definition) is 0. The van der Waals surface area contributed by atoms with Crippen LogP contribution in [0.15, 0.2) is 120 Å². The number of anilines is 3. The lowest BCUT2D eigenvalue weighted by Gasteiger charge is -2.25. The highest BCUT2D eigenvalue weighted by Crippen LogP contribution is 2.34. The number of halogens is 1. The van der Waals surface area contributed by atoms with Gasteiger partial charge in [0.1, 0.15) is 0 Å². The van der Waals surface area contributed by atoms with Gasteiger partial charge >= 0.3 is 0 Å². The molecule has 0 saturated heterocycles. The van der Waals surface area contributed by atoms with Crippen LogP contribution in [0.2, 0.25) is 0 Å². The van der Waals surface area contributed by atoms with Crippen LogP contribution in [0.3, 0.4) is 0 Å². The summed E-state index contributed by atoms with van der Waals surface area (Å²) in [5.74, 6) is -0.0122. The predicted octanol–water partition coefficient (Wildman–Crippen LogP) is 7.82. The lowest BCUT2D eigenvalue weighted by atomic mass is 10.1. The van der Waals surface area contributed by atoms with Gasteiger partial charge in [-0.05, 0) is 72.3 Å². The first kappa shape index (κ1) is 19.9. The van der Waals surface area contributed by atoms with E-state index in [0.717, 1.165) is 27.1 Å². The summed E-state index contributed by atoms with van der Waals surface area (Å²) >= 11 is 3.39. The highest BCUT2D eigenvalue weighted by Gasteiger charge is 2.11. The number of carbonyl (C=O) groups is 1. The minimum atomic E-state index is -0.0122. The van der Waals surface area contributed by atoms with Gasteiger partial charge in [0, 0.05) is 27.1 Å². The van der Waals surface area contributed by atoms with Gasteiger partial charge in [0.05, 0.1) is 0 Å². The Morgan fingerprint density at radius 3 is 1.67 bits per heavy atom. The molecule has 4 aromatic rings. The molecule has 0 saturated carbocycles. The zero-order chi connectivity index (χ0) is 20.8. The summed E-state index contributed by atoms with van der Waals surface area (Å²) in [5, 5.41) is 0.